The lowest BCUT2D eigenvalue weighted by Crippen LogP contribution is -2.43. The topological polar surface area (TPSA) is 64.3 Å². The lowest BCUT2D eigenvalue weighted by molar-refractivity contribution is -0.124. The van der Waals surface area contributed by atoms with Crippen molar-refractivity contribution in [2.24, 2.45) is 11.7 Å². The summed E-state index contributed by atoms with van der Waals surface area (Å²) in [6, 6.07) is 7.49. The van der Waals surface area contributed by atoms with Gasteiger partial charge in [0.2, 0.25) is 0 Å². The molecular formula is C16H22N2O2S. The Morgan fingerprint density at radius 1 is 1.38 bits per heavy atom. The van der Waals surface area contributed by atoms with Crippen molar-refractivity contribution in [1.29, 1.82) is 0 Å². The Labute approximate surface area is 131 Å². The smallest absolute Gasteiger partial charge is 0.258 e. The molecule has 0 heterocycles. The average Bonchev–Trinajstić information content (AvgIpc) is 2.48. The van der Waals surface area contributed by atoms with E-state index in [1.165, 1.54) is 19.3 Å². The van der Waals surface area contributed by atoms with Gasteiger partial charge in [-0.1, -0.05) is 44.1 Å². The van der Waals surface area contributed by atoms with Crippen molar-refractivity contribution in [2.45, 2.75) is 38.6 Å². The van der Waals surface area contributed by atoms with Crippen LogP contribution in [0.2, 0.25) is 0 Å². The van der Waals surface area contributed by atoms with E-state index in [1.54, 1.807) is 12.1 Å². The monoisotopic (exact) mass is 306 g/mol. The summed E-state index contributed by atoms with van der Waals surface area (Å²) >= 11 is 4.97. The second-order valence-corrected chi connectivity index (χ2v) is 6.02. The number of ether oxygens (including phenoxy) is 1. The molecule has 1 aromatic carbocycles. The SMILES string of the molecule is CC1CCCCC1NC(=O)COc1ccccc1C(N)=S. The van der Waals surface area contributed by atoms with E-state index < -0.39 is 0 Å². The van der Waals surface area contributed by atoms with Gasteiger partial charge in [-0.15, -0.1) is 0 Å². The van der Waals surface area contributed by atoms with Gasteiger partial charge >= 0.3 is 0 Å². The first-order chi connectivity index (χ1) is 10.1. The molecule has 5 heteroatoms. The van der Waals surface area contributed by atoms with Gasteiger partial charge in [-0.3, -0.25) is 4.79 Å². The minimum absolute atomic E-state index is 0.0111. The molecule has 2 atom stereocenters. The molecule has 0 saturated heterocycles. The van der Waals surface area contributed by atoms with Crippen LogP contribution < -0.4 is 15.8 Å². The molecule has 1 amide bonds. The Hall–Kier alpha value is -1.62. The Balaban J connectivity index is 1.88. The molecule has 0 aromatic heterocycles. The third-order valence-electron chi connectivity index (χ3n) is 3.97. The average molecular weight is 306 g/mol. The van der Waals surface area contributed by atoms with E-state index in [2.05, 4.69) is 12.2 Å². The molecule has 2 unspecified atom stereocenters. The molecule has 0 spiro atoms. The molecule has 2 rings (SSSR count). The first-order valence-corrected chi connectivity index (χ1v) is 7.79. The second kappa shape index (κ2) is 7.41. The van der Waals surface area contributed by atoms with Gasteiger partial charge in [0, 0.05) is 6.04 Å². The van der Waals surface area contributed by atoms with Gasteiger partial charge in [0.1, 0.15) is 10.7 Å². The Bertz CT molecular complexity index is 519. The molecule has 1 saturated carbocycles. The third kappa shape index (κ3) is 4.43. The number of amides is 1. The van der Waals surface area contributed by atoms with E-state index in [0.717, 1.165) is 6.42 Å². The van der Waals surface area contributed by atoms with Gasteiger partial charge < -0.3 is 15.8 Å². The molecule has 1 fully saturated rings. The number of para-hydroxylation sites is 1. The molecule has 4 nitrogen and oxygen atoms in total. The number of nitrogens with one attached hydrogen (secondary N) is 1. The molecule has 21 heavy (non-hydrogen) atoms. The Kier molecular flexibility index (Phi) is 5.56. The predicted octanol–water partition coefficient (Wildman–Crippen LogP) is 2.39. The maximum Gasteiger partial charge on any atom is 0.258 e. The zero-order chi connectivity index (χ0) is 15.2. The largest absolute Gasteiger partial charge is 0.483 e. The van der Waals surface area contributed by atoms with Gasteiger partial charge in [-0.05, 0) is 30.9 Å². The summed E-state index contributed by atoms with van der Waals surface area (Å²) in [7, 11) is 0. The summed E-state index contributed by atoms with van der Waals surface area (Å²) in [5.74, 6) is 0.995. The van der Waals surface area contributed by atoms with Crippen LogP contribution in [0.3, 0.4) is 0 Å². The van der Waals surface area contributed by atoms with Gasteiger partial charge in [-0.25, -0.2) is 0 Å². The highest BCUT2D eigenvalue weighted by Gasteiger charge is 2.22. The van der Waals surface area contributed by atoms with E-state index in [9.17, 15) is 4.79 Å². The van der Waals surface area contributed by atoms with E-state index in [0.29, 0.717) is 17.2 Å². The van der Waals surface area contributed by atoms with Gasteiger partial charge in [0.25, 0.3) is 5.91 Å². The fourth-order valence-corrected chi connectivity index (χ4v) is 2.89. The molecular weight excluding hydrogens is 284 g/mol. The summed E-state index contributed by atoms with van der Waals surface area (Å²) in [4.78, 5) is 12.3. The number of nitrogens with two attached hydrogens (primary N) is 1. The number of carbonyl (C=O) groups excluding carboxylic acids is 1. The van der Waals surface area contributed by atoms with Crippen LogP contribution in [0.1, 0.15) is 38.2 Å². The fraction of sp³-hybridized carbons (Fsp3) is 0.500. The van der Waals surface area contributed by atoms with Crippen LogP contribution in [-0.2, 0) is 4.79 Å². The summed E-state index contributed by atoms with van der Waals surface area (Å²) < 4.78 is 5.56. The minimum atomic E-state index is -0.0912. The lowest BCUT2D eigenvalue weighted by atomic mass is 9.86. The van der Waals surface area contributed by atoms with E-state index in [-0.39, 0.29) is 23.5 Å². The van der Waals surface area contributed by atoms with Crippen LogP contribution in [0.4, 0.5) is 0 Å². The highest BCUT2D eigenvalue weighted by molar-refractivity contribution is 7.80. The van der Waals surface area contributed by atoms with Crippen LogP contribution >= 0.6 is 12.2 Å². The number of hydrogen-bond donors (Lipinski definition) is 2. The van der Waals surface area contributed by atoms with Crippen molar-refractivity contribution in [3.05, 3.63) is 29.8 Å². The van der Waals surface area contributed by atoms with Crippen molar-refractivity contribution in [2.75, 3.05) is 6.61 Å². The van der Waals surface area contributed by atoms with Crippen LogP contribution in [0.5, 0.6) is 5.75 Å². The second-order valence-electron chi connectivity index (χ2n) is 5.58. The molecule has 3 N–H and O–H groups in total. The van der Waals surface area contributed by atoms with E-state index in [4.69, 9.17) is 22.7 Å². The van der Waals surface area contributed by atoms with Crippen molar-refractivity contribution in [3.63, 3.8) is 0 Å². The number of thiocarbonyl (C=S) groups is 1. The van der Waals surface area contributed by atoms with E-state index >= 15 is 0 Å². The predicted molar refractivity (Wildman–Crippen MR) is 87.4 cm³/mol. The van der Waals surface area contributed by atoms with Gasteiger partial charge in [0.15, 0.2) is 6.61 Å². The zero-order valence-corrected chi connectivity index (χ0v) is 13.1. The van der Waals surface area contributed by atoms with E-state index in [1.807, 2.05) is 12.1 Å². The molecule has 0 bridgehead atoms. The van der Waals surface area contributed by atoms with Crippen LogP contribution in [0.15, 0.2) is 24.3 Å². The Morgan fingerprint density at radius 3 is 2.81 bits per heavy atom. The molecule has 1 aliphatic rings. The summed E-state index contributed by atoms with van der Waals surface area (Å²) in [6.07, 6.45) is 4.66. The number of benzene rings is 1. The van der Waals surface area contributed by atoms with Crippen molar-refractivity contribution in [1.82, 2.24) is 5.32 Å². The standard InChI is InChI=1S/C16H22N2O2S/c1-11-6-2-4-8-13(11)18-15(19)10-20-14-9-5-3-7-12(14)16(17)21/h3,5,7,9,11,13H,2,4,6,8,10H2,1H3,(H2,17,21)(H,18,19). The van der Waals surface area contributed by atoms with Crippen LogP contribution in [-0.4, -0.2) is 23.5 Å². The van der Waals surface area contributed by atoms with Crippen LogP contribution in [0, 0.1) is 5.92 Å². The highest BCUT2D eigenvalue weighted by atomic mass is 32.1. The summed E-state index contributed by atoms with van der Waals surface area (Å²) in [5, 5.41) is 3.06. The van der Waals surface area contributed by atoms with Crippen molar-refractivity contribution in [3.8, 4) is 5.75 Å². The first-order valence-electron chi connectivity index (χ1n) is 7.39. The fourth-order valence-electron chi connectivity index (χ4n) is 2.72. The normalized spacial score (nSPS) is 21.6. The van der Waals surface area contributed by atoms with Crippen LogP contribution in [0.25, 0.3) is 0 Å². The maximum absolute atomic E-state index is 12.0. The summed E-state index contributed by atoms with van der Waals surface area (Å²) in [5.41, 5.74) is 6.30. The van der Waals surface area contributed by atoms with Gasteiger partial charge in [-0.2, -0.15) is 0 Å². The maximum atomic E-state index is 12.0. The molecule has 114 valence electrons. The molecule has 1 aliphatic carbocycles. The molecule has 0 aliphatic heterocycles. The zero-order valence-electron chi connectivity index (χ0n) is 12.3. The number of carbonyl (C=O) groups is 1. The minimum Gasteiger partial charge on any atom is -0.483 e. The van der Waals surface area contributed by atoms with Crippen molar-refractivity contribution >= 4 is 23.1 Å². The van der Waals surface area contributed by atoms with Gasteiger partial charge in [0.05, 0.1) is 5.56 Å². The van der Waals surface area contributed by atoms with Crippen molar-refractivity contribution < 1.29 is 9.53 Å². The first kappa shape index (κ1) is 15.8. The lowest BCUT2D eigenvalue weighted by Gasteiger charge is -2.29. The highest BCUT2D eigenvalue weighted by Crippen LogP contribution is 2.23. The summed E-state index contributed by atoms with van der Waals surface area (Å²) in [6.45, 7) is 2.18. The quantitative estimate of drug-likeness (QED) is 0.820. The number of hydrogen-bond acceptors (Lipinski definition) is 3. The Morgan fingerprint density at radius 2 is 2.10 bits per heavy atom. The third-order valence-corrected chi connectivity index (χ3v) is 4.19. The number of rotatable bonds is 5. The molecule has 1 aromatic rings. The molecule has 0 radical (unpaired) electrons.